The minimum Gasteiger partial charge on any atom is -0.464 e. The van der Waals surface area contributed by atoms with Crippen LogP contribution in [0.25, 0.3) is 10.9 Å². The third kappa shape index (κ3) is 2.14. The van der Waals surface area contributed by atoms with Gasteiger partial charge in [-0.3, -0.25) is 0 Å². The van der Waals surface area contributed by atoms with E-state index >= 15 is 0 Å². The van der Waals surface area contributed by atoms with Gasteiger partial charge in [0, 0.05) is 22.7 Å². The molecule has 0 aliphatic rings. The summed E-state index contributed by atoms with van der Waals surface area (Å²) in [5.41, 5.74) is 0.975. The Morgan fingerprint density at radius 2 is 2.35 bits per heavy atom. The Bertz CT molecular complexity index is 550. The number of aromatic amines is 1. The lowest BCUT2D eigenvalue weighted by Gasteiger charge is -2.08. The van der Waals surface area contributed by atoms with E-state index in [4.69, 9.17) is 4.74 Å². The highest BCUT2D eigenvalue weighted by atomic mass is 19.1. The van der Waals surface area contributed by atoms with Gasteiger partial charge >= 0.3 is 5.97 Å². The fraction of sp³-hybridized carbons (Fsp3) is 0.250. The number of H-pyrrole nitrogens is 1. The minimum absolute atomic E-state index is 0.187. The van der Waals surface area contributed by atoms with Crippen LogP contribution < -0.4 is 0 Å². The van der Waals surface area contributed by atoms with Gasteiger partial charge in [0.15, 0.2) is 6.10 Å². The van der Waals surface area contributed by atoms with Gasteiger partial charge in [-0.2, -0.15) is 0 Å². The van der Waals surface area contributed by atoms with E-state index in [1.807, 2.05) is 0 Å². The first-order valence-corrected chi connectivity index (χ1v) is 5.24. The molecular weight excluding hydrogens is 225 g/mol. The largest absolute Gasteiger partial charge is 0.464 e. The lowest BCUT2D eigenvalue weighted by molar-refractivity contribution is -0.153. The second-order valence-corrected chi connectivity index (χ2v) is 3.59. The monoisotopic (exact) mass is 237 g/mol. The lowest BCUT2D eigenvalue weighted by Crippen LogP contribution is -2.14. The molecule has 1 unspecified atom stereocenters. The topological polar surface area (TPSA) is 62.3 Å². The van der Waals surface area contributed by atoms with Gasteiger partial charge in [0.1, 0.15) is 5.82 Å². The van der Waals surface area contributed by atoms with E-state index in [2.05, 4.69) is 4.98 Å². The smallest absolute Gasteiger partial charge is 0.339 e. The summed E-state index contributed by atoms with van der Waals surface area (Å²) in [6.45, 7) is 1.84. The molecule has 0 fully saturated rings. The van der Waals surface area contributed by atoms with Crippen molar-refractivity contribution in [1.29, 1.82) is 0 Å². The zero-order valence-electron chi connectivity index (χ0n) is 9.24. The molecule has 0 bridgehead atoms. The van der Waals surface area contributed by atoms with Crippen molar-refractivity contribution in [3.8, 4) is 0 Å². The summed E-state index contributed by atoms with van der Waals surface area (Å²) in [6.07, 6.45) is 0.0802. The SMILES string of the molecule is CCOC(=O)C(O)c1c[nH]c2ccc(F)cc12. The highest BCUT2D eigenvalue weighted by Crippen LogP contribution is 2.25. The van der Waals surface area contributed by atoms with Gasteiger partial charge in [0.25, 0.3) is 0 Å². The van der Waals surface area contributed by atoms with Crippen molar-refractivity contribution in [2.24, 2.45) is 0 Å². The summed E-state index contributed by atoms with van der Waals surface area (Å²) >= 11 is 0. The molecule has 90 valence electrons. The van der Waals surface area contributed by atoms with Crippen molar-refractivity contribution in [3.63, 3.8) is 0 Å². The van der Waals surface area contributed by atoms with Gasteiger partial charge in [-0.1, -0.05) is 0 Å². The second-order valence-electron chi connectivity index (χ2n) is 3.59. The van der Waals surface area contributed by atoms with Crippen LogP contribution >= 0.6 is 0 Å². The van der Waals surface area contributed by atoms with Gasteiger partial charge in [0.05, 0.1) is 6.61 Å². The van der Waals surface area contributed by atoms with Crippen LogP contribution in [0.1, 0.15) is 18.6 Å². The first-order valence-electron chi connectivity index (χ1n) is 5.24. The molecule has 2 N–H and O–H groups in total. The van der Waals surface area contributed by atoms with Crippen molar-refractivity contribution in [3.05, 3.63) is 35.8 Å². The Balaban J connectivity index is 2.41. The predicted octanol–water partition coefficient (Wildman–Crippen LogP) is 1.90. The van der Waals surface area contributed by atoms with Crippen LogP contribution in [0, 0.1) is 5.82 Å². The lowest BCUT2D eigenvalue weighted by atomic mass is 10.1. The Kier molecular flexibility index (Phi) is 3.10. The summed E-state index contributed by atoms with van der Waals surface area (Å²) in [6, 6.07) is 4.12. The van der Waals surface area contributed by atoms with Crippen molar-refractivity contribution >= 4 is 16.9 Å². The molecule has 0 aliphatic heterocycles. The number of hydrogen-bond donors (Lipinski definition) is 2. The van der Waals surface area contributed by atoms with E-state index in [0.29, 0.717) is 16.5 Å². The van der Waals surface area contributed by atoms with E-state index in [-0.39, 0.29) is 6.61 Å². The number of fused-ring (bicyclic) bond motifs is 1. The van der Waals surface area contributed by atoms with Crippen molar-refractivity contribution in [2.75, 3.05) is 6.61 Å². The third-order valence-corrected chi connectivity index (χ3v) is 2.48. The zero-order valence-corrected chi connectivity index (χ0v) is 9.24. The molecule has 0 radical (unpaired) electrons. The molecule has 1 aromatic heterocycles. The number of aromatic nitrogens is 1. The summed E-state index contributed by atoms with van der Waals surface area (Å²) in [7, 11) is 0. The highest BCUT2D eigenvalue weighted by Gasteiger charge is 2.22. The van der Waals surface area contributed by atoms with E-state index in [9.17, 15) is 14.3 Å². The summed E-state index contributed by atoms with van der Waals surface area (Å²) in [4.78, 5) is 14.2. The third-order valence-electron chi connectivity index (χ3n) is 2.48. The normalized spacial score (nSPS) is 12.6. The molecule has 1 atom stereocenters. The molecule has 17 heavy (non-hydrogen) atoms. The molecule has 5 heteroatoms. The number of nitrogens with one attached hydrogen (secondary N) is 1. The number of aliphatic hydroxyl groups excluding tert-OH is 1. The standard InChI is InChI=1S/C12H12FNO3/c1-2-17-12(16)11(15)9-6-14-10-4-3-7(13)5-8(9)10/h3-6,11,14-15H,2H2,1H3. The molecule has 0 aliphatic carbocycles. The fourth-order valence-corrected chi connectivity index (χ4v) is 1.69. The summed E-state index contributed by atoms with van der Waals surface area (Å²) in [5, 5.41) is 10.3. The van der Waals surface area contributed by atoms with Crippen LogP contribution in [0.4, 0.5) is 4.39 Å². The van der Waals surface area contributed by atoms with E-state index in [1.54, 1.807) is 13.0 Å². The summed E-state index contributed by atoms with van der Waals surface area (Å²) < 4.78 is 17.8. The molecular formula is C12H12FNO3. The number of carbonyl (C=O) groups excluding carboxylic acids is 1. The predicted molar refractivity (Wildman–Crippen MR) is 59.8 cm³/mol. The summed E-state index contributed by atoms with van der Waals surface area (Å²) in [5.74, 6) is -1.16. The Labute approximate surface area is 97.0 Å². The van der Waals surface area contributed by atoms with Crippen LogP contribution in [0.15, 0.2) is 24.4 Å². The van der Waals surface area contributed by atoms with E-state index < -0.39 is 17.9 Å². The molecule has 1 heterocycles. The molecule has 2 rings (SSSR count). The maximum atomic E-state index is 13.1. The van der Waals surface area contributed by atoms with Gasteiger partial charge in [-0.05, 0) is 25.1 Å². The quantitative estimate of drug-likeness (QED) is 0.801. The van der Waals surface area contributed by atoms with E-state index in [1.165, 1.54) is 18.3 Å². The Morgan fingerprint density at radius 3 is 3.06 bits per heavy atom. The number of ether oxygens (including phenoxy) is 1. The van der Waals surface area contributed by atoms with Crippen LogP contribution in [-0.2, 0) is 9.53 Å². The first-order chi connectivity index (χ1) is 8.13. The van der Waals surface area contributed by atoms with Crippen LogP contribution in [0.5, 0.6) is 0 Å². The van der Waals surface area contributed by atoms with Crippen LogP contribution in [-0.4, -0.2) is 22.7 Å². The van der Waals surface area contributed by atoms with Crippen molar-refractivity contribution in [1.82, 2.24) is 4.98 Å². The number of hydrogen-bond acceptors (Lipinski definition) is 3. The van der Waals surface area contributed by atoms with Gasteiger partial charge in [-0.25, -0.2) is 9.18 Å². The van der Waals surface area contributed by atoms with Gasteiger partial charge < -0.3 is 14.8 Å². The highest BCUT2D eigenvalue weighted by molar-refractivity contribution is 5.89. The Morgan fingerprint density at radius 1 is 1.59 bits per heavy atom. The van der Waals surface area contributed by atoms with E-state index in [0.717, 1.165) is 0 Å². The van der Waals surface area contributed by atoms with Crippen molar-refractivity contribution < 1.29 is 19.0 Å². The molecule has 1 aromatic carbocycles. The molecule has 2 aromatic rings. The number of esters is 1. The zero-order chi connectivity index (χ0) is 12.4. The minimum atomic E-state index is -1.40. The molecule has 0 saturated heterocycles. The number of aliphatic hydroxyl groups is 1. The second kappa shape index (κ2) is 4.55. The van der Waals surface area contributed by atoms with Crippen LogP contribution in [0.3, 0.4) is 0 Å². The molecule has 4 nitrogen and oxygen atoms in total. The average molecular weight is 237 g/mol. The number of halogens is 1. The van der Waals surface area contributed by atoms with Gasteiger partial charge in [-0.15, -0.1) is 0 Å². The maximum absolute atomic E-state index is 13.1. The molecule has 0 saturated carbocycles. The number of rotatable bonds is 3. The average Bonchev–Trinajstić information content (AvgIpc) is 2.71. The maximum Gasteiger partial charge on any atom is 0.339 e. The van der Waals surface area contributed by atoms with Crippen molar-refractivity contribution in [2.45, 2.75) is 13.0 Å². The molecule has 0 spiro atoms. The van der Waals surface area contributed by atoms with Crippen LogP contribution in [0.2, 0.25) is 0 Å². The first kappa shape index (κ1) is 11.6. The fourth-order valence-electron chi connectivity index (χ4n) is 1.69. The number of benzene rings is 1. The molecule has 0 amide bonds. The number of carbonyl (C=O) groups is 1. The van der Waals surface area contributed by atoms with Gasteiger partial charge in [0.2, 0.25) is 0 Å². The Hall–Kier alpha value is -1.88.